The molecule has 0 heterocycles. The monoisotopic (exact) mass is 351 g/mol. The molecule has 0 fully saturated rings. The van der Waals surface area contributed by atoms with Gasteiger partial charge in [0.15, 0.2) is 0 Å². The molecular formula is C16H15BrFNO2. The third-order valence-corrected chi connectivity index (χ3v) is 3.65. The number of hydrogen-bond acceptors (Lipinski definition) is 2. The van der Waals surface area contributed by atoms with Gasteiger partial charge >= 0.3 is 0 Å². The molecule has 0 aromatic heterocycles. The number of carbonyl (C=O) groups is 1. The fraction of sp³-hybridized carbons (Fsp3) is 0.188. The number of methoxy groups -OCH3 is 1. The Bertz CT molecular complexity index is 673. The van der Waals surface area contributed by atoms with Crippen molar-refractivity contribution in [3.63, 3.8) is 0 Å². The van der Waals surface area contributed by atoms with Crippen molar-refractivity contribution in [1.82, 2.24) is 0 Å². The number of rotatable bonds is 4. The summed E-state index contributed by atoms with van der Waals surface area (Å²) in [5.41, 5.74) is 2.12. The molecule has 0 radical (unpaired) electrons. The molecule has 0 aliphatic heterocycles. The van der Waals surface area contributed by atoms with Crippen LogP contribution in [0.15, 0.2) is 40.9 Å². The van der Waals surface area contributed by atoms with Crippen LogP contribution in [0, 0.1) is 12.7 Å². The van der Waals surface area contributed by atoms with Crippen LogP contribution in [0.2, 0.25) is 0 Å². The van der Waals surface area contributed by atoms with E-state index >= 15 is 0 Å². The molecule has 5 heteroatoms. The number of carbonyl (C=O) groups excluding carboxylic acids is 1. The second-order valence-electron chi connectivity index (χ2n) is 4.66. The number of benzene rings is 2. The quantitative estimate of drug-likeness (QED) is 0.900. The largest absolute Gasteiger partial charge is 0.497 e. The van der Waals surface area contributed by atoms with Crippen molar-refractivity contribution in [2.75, 3.05) is 12.4 Å². The van der Waals surface area contributed by atoms with Gasteiger partial charge in [-0.25, -0.2) is 4.39 Å². The van der Waals surface area contributed by atoms with E-state index in [0.717, 1.165) is 5.56 Å². The first-order valence-electron chi connectivity index (χ1n) is 6.38. The Morgan fingerprint density at radius 2 is 2.10 bits per heavy atom. The van der Waals surface area contributed by atoms with Crippen molar-refractivity contribution in [1.29, 1.82) is 0 Å². The molecule has 2 aromatic carbocycles. The lowest BCUT2D eigenvalue weighted by Crippen LogP contribution is -2.15. The summed E-state index contributed by atoms with van der Waals surface area (Å²) in [6.45, 7) is 1.75. The molecule has 1 N–H and O–H groups in total. The summed E-state index contributed by atoms with van der Waals surface area (Å²) in [5.74, 6) is 0.198. The Hall–Kier alpha value is -1.88. The fourth-order valence-electron chi connectivity index (χ4n) is 1.94. The van der Waals surface area contributed by atoms with Crippen molar-refractivity contribution in [2.24, 2.45) is 0 Å². The lowest BCUT2D eigenvalue weighted by atomic mass is 10.1. The molecule has 0 bridgehead atoms. The molecule has 0 spiro atoms. The van der Waals surface area contributed by atoms with Gasteiger partial charge in [0.1, 0.15) is 11.6 Å². The van der Waals surface area contributed by atoms with E-state index in [1.165, 1.54) is 6.07 Å². The number of aryl methyl sites for hydroxylation is 1. The number of nitrogens with one attached hydrogen (secondary N) is 1. The number of amides is 1. The highest BCUT2D eigenvalue weighted by atomic mass is 79.9. The molecule has 1 amide bonds. The third kappa shape index (κ3) is 4.04. The molecule has 0 atom stereocenters. The van der Waals surface area contributed by atoms with Crippen molar-refractivity contribution in [3.05, 3.63) is 57.8 Å². The zero-order valence-electron chi connectivity index (χ0n) is 11.7. The first-order valence-corrected chi connectivity index (χ1v) is 7.17. The van der Waals surface area contributed by atoms with Gasteiger partial charge in [0.25, 0.3) is 0 Å². The second kappa shape index (κ2) is 6.72. The minimum absolute atomic E-state index is 0.162. The molecule has 21 heavy (non-hydrogen) atoms. The summed E-state index contributed by atoms with van der Waals surface area (Å²) >= 11 is 3.11. The van der Waals surface area contributed by atoms with E-state index in [4.69, 9.17) is 4.74 Å². The number of ether oxygens (including phenoxy) is 1. The zero-order chi connectivity index (χ0) is 15.4. The zero-order valence-corrected chi connectivity index (χ0v) is 13.3. The Labute approximate surface area is 131 Å². The average Bonchev–Trinajstić information content (AvgIpc) is 2.45. The minimum atomic E-state index is -0.349. The van der Waals surface area contributed by atoms with Crippen LogP contribution >= 0.6 is 15.9 Å². The highest BCUT2D eigenvalue weighted by Crippen LogP contribution is 2.24. The summed E-state index contributed by atoms with van der Waals surface area (Å²) < 4.78 is 18.8. The maximum absolute atomic E-state index is 13.4. The lowest BCUT2D eigenvalue weighted by Gasteiger charge is -2.10. The van der Waals surface area contributed by atoms with Gasteiger partial charge in [-0.05, 0) is 58.2 Å². The van der Waals surface area contributed by atoms with Gasteiger partial charge in [0, 0.05) is 5.69 Å². The molecule has 0 saturated heterocycles. The number of anilines is 1. The van der Waals surface area contributed by atoms with E-state index in [2.05, 4.69) is 21.2 Å². The Balaban J connectivity index is 2.09. The van der Waals surface area contributed by atoms with E-state index in [9.17, 15) is 9.18 Å². The molecule has 2 rings (SSSR count). The summed E-state index contributed by atoms with van der Waals surface area (Å²) in [4.78, 5) is 12.1. The van der Waals surface area contributed by atoms with Gasteiger partial charge in [-0.1, -0.05) is 12.1 Å². The molecule has 3 nitrogen and oxygen atoms in total. The predicted molar refractivity (Wildman–Crippen MR) is 84.2 cm³/mol. The van der Waals surface area contributed by atoms with Crippen LogP contribution in [-0.2, 0) is 11.2 Å². The molecule has 0 saturated carbocycles. The predicted octanol–water partition coefficient (Wildman–Crippen LogP) is 4.09. The number of hydrogen-bond donors (Lipinski definition) is 1. The topological polar surface area (TPSA) is 38.3 Å². The average molecular weight is 352 g/mol. The minimum Gasteiger partial charge on any atom is -0.497 e. The molecular weight excluding hydrogens is 337 g/mol. The second-order valence-corrected chi connectivity index (χ2v) is 5.51. The fourth-order valence-corrected chi connectivity index (χ4v) is 2.29. The molecule has 0 aliphatic carbocycles. The molecule has 110 valence electrons. The van der Waals surface area contributed by atoms with Crippen molar-refractivity contribution in [3.8, 4) is 5.75 Å². The molecule has 2 aromatic rings. The van der Waals surface area contributed by atoms with Crippen molar-refractivity contribution >= 4 is 27.5 Å². The molecule has 0 aliphatic rings. The SMILES string of the molecule is COc1cccc(CC(=O)Nc2cc(Br)c(F)cc2C)c1. The van der Waals surface area contributed by atoms with Crippen LogP contribution in [0.4, 0.5) is 10.1 Å². The first-order chi connectivity index (χ1) is 9.99. The van der Waals surface area contributed by atoms with E-state index in [-0.39, 0.29) is 18.1 Å². The Morgan fingerprint density at radius 3 is 2.81 bits per heavy atom. The van der Waals surface area contributed by atoms with E-state index < -0.39 is 0 Å². The van der Waals surface area contributed by atoms with E-state index in [1.54, 1.807) is 20.1 Å². The smallest absolute Gasteiger partial charge is 0.228 e. The third-order valence-electron chi connectivity index (χ3n) is 3.04. The maximum atomic E-state index is 13.4. The van der Waals surface area contributed by atoms with Crippen LogP contribution < -0.4 is 10.1 Å². The van der Waals surface area contributed by atoms with Gasteiger partial charge < -0.3 is 10.1 Å². The van der Waals surface area contributed by atoms with Crippen LogP contribution in [0.5, 0.6) is 5.75 Å². The molecule has 0 unspecified atom stereocenters. The van der Waals surface area contributed by atoms with Gasteiger partial charge in [-0.3, -0.25) is 4.79 Å². The Kier molecular flexibility index (Phi) is 4.96. The van der Waals surface area contributed by atoms with Crippen LogP contribution in [-0.4, -0.2) is 13.0 Å². The lowest BCUT2D eigenvalue weighted by molar-refractivity contribution is -0.115. The van der Waals surface area contributed by atoms with Gasteiger partial charge in [0.2, 0.25) is 5.91 Å². The highest BCUT2D eigenvalue weighted by molar-refractivity contribution is 9.10. The van der Waals surface area contributed by atoms with E-state index in [0.29, 0.717) is 21.5 Å². The van der Waals surface area contributed by atoms with Crippen LogP contribution in [0.3, 0.4) is 0 Å². The number of halogens is 2. The van der Waals surface area contributed by atoms with Crippen molar-refractivity contribution in [2.45, 2.75) is 13.3 Å². The summed E-state index contributed by atoms with van der Waals surface area (Å²) in [5, 5.41) is 2.79. The summed E-state index contributed by atoms with van der Waals surface area (Å²) in [6, 6.07) is 10.3. The normalized spacial score (nSPS) is 10.3. The van der Waals surface area contributed by atoms with Gasteiger partial charge in [0.05, 0.1) is 18.0 Å². The van der Waals surface area contributed by atoms with Gasteiger partial charge in [-0.2, -0.15) is 0 Å². The van der Waals surface area contributed by atoms with Gasteiger partial charge in [-0.15, -0.1) is 0 Å². The summed E-state index contributed by atoms with van der Waals surface area (Å²) in [6.07, 6.45) is 0.228. The van der Waals surface area contributed by atoms with Crippen LogP contribution in [0.1, 0.15) is 11.1 Å². The van der Waals surface area contributed by atoms with E-state index in [1.807, 2.05) is 24.3 Å². The first kappa shape index (κ1) is 15.5. The summed E-state index contributed by atoms with van der Waals surface area (Å²) in [7, 11) is 1.58. The highest BCUT2D eigenvalue weighted by Gasteiger charge is 2.09. The Morgan fingerprint density at radius 1 is 1.33 bits per heavy atom. The standard InChI is InChI=1S/C16H15BrFNO2/c1-10-6-14(18)13(17)9-15(10)19-16(20)8-11-4-3-5-12(7-11)21-2/h3-7,9H,8H2,1-2H3,(H,19,20). The maximum Gasteiger partial charge on any atom is 0.228 e. The van der Waals surface area contributed by atoms with Crippen LogP contribution in [0.25, 0.3) is 0 Å². The van der Waals surface area contributed by atoms with Crippen molar-refractivity contribution < 1.29 is 13.9 Å².